The van der Waals surface area contributed by atoms with Crippen molar-refractivity contribution in [2.24, 2.45) is 0 Å². The number of carbonyl (C=O) groups is 1. The van der Waals surface area contributed by atoms with Gasteiger partial charge in [0, 0.05) is 24.1 Å². The van der Waals surface area contributed by atoms with Crippen LogP contribution in [0, 0.1) is 6.92 Å². The quantitative estimate of drug-likeness (QED) is 0.773. The summed E-state index contributed by atoms with van der Waals surface area (Å²) in [7, 11) is 0. The van der Waals surface area contributed by atoms with Crippen LogP contribution < -0.4 is 10.2 Å². The highest BCUT2D eigenvalue weighted by Crippen LogP contribution is 2.28. The Morgan fingerprint density at radius 3 is 2.85 bits per heavy atom. The first-order chi connectivity index (χ1) is 13.2. The third kappa shape index (κ3) is 3.79. The van der Waals surface area contributed by atoms with Crippen LogP contribution in [0.3, 0.4) is 0 Å². The summed E-state index contributed by atoms with van der Waals surface area (Å²) in [6, 6.07) is 15.5. The molecule has 1 aliphatic heterocycles. The van der Waals surface area contributed by atoms with Crippen LogP contribution in [-0.4, -0.2) is 27.4 Å². The van der Waals surface area contributed by atoms with Gasteiger partial charge in [-0.25, -0.2) is 9.97 Å². The number of hydrogen-bond donors (Lipinski definition) is 1. The average molecular weight is 359 g/mol. The highest BCUT2D eigenvalue weighted by atomic mass is 16.2. The fraction of sp³-hybridized carbons (Fsp3) is 0.238. The van der Waals surface area contributed by atoms with Gasteiger partial charge in [0.05, 0.1) is 12.2 Å². The van der Waals surface area contributed by atoms with Crippen molar-refractivity contribution in [1.29, 1.82) is 0 Å². The first kappa shape index (κ1) is 17.1. The van der Waals surface area contributed by atoms with E-state index in [9.17, 15) is 4.79 Å². The highest BCUT2D eigenvalue weighted by molar-refractivity contribution is 6.05. The lowest BCUT2D eigenvalue weighted by Crippen LogP contribution is -2.36. The molecule has 0 unspecified atom stereocenters. The zero-order valence-electron chi connectivity index (χ0n) is 15.2. The molecule has 27 heavy (non-hydrogen) atoms. The summed E-state index contributed by atoms with van der Waals surface area (Å²) < 4.78 is 0. The topological polar surface area (TPSA) is 71.0 Å². The fourth-order valence-electron chi connectivity index (χ4n) is 3.31. The van der Waals surface area contributed by atoms with Gasteiger partial charge in [-0.3, -0.25) is 9.78 Å². The first-order valence-corrected chi connectivity index (χ1v) is 9.10. The number of carbonyl (C=O) groups excluding carboxylic acids is 1. The number of nitrogens with one attached hydrogen (secondary N) is 1. The largest absolute Gasteiger partial charge is 0.349 e. The van der Waals surface area contributed by atoms with Gasteiger partial charge in [0.25, 0.3) is 5.91 Å². The molecule has 3 aromatic rings. The SMILES string of the molecule is Cc1cc(C(=O)N2CCCc3ccccc32)nc(NCc2ccccn2)n1. The Labute approximate surface area is 158 Å². The van der Waals surface area contributed by atoms with E-state index in [0.29, 0.717) is 24.7 Å². The summed E-state index contributed by atoms with van der Waals surface area (Å²) >= 11 is 0. The summed E-state index contributed by atoms with van der Waals surface area (Å²) in [5, 5.41) is 3.16. The van der Waals surface area contributed by atoms with Gasteiger partial charge in [0.2, 0.25) is 5.95 Å². The number of nitrogens with zero attached hydrogens (tertiary/aromatic N) is 4. The summed E-state index contributed by atoms with van der Waals surface area (Å²) in [4.78, 5) is 28.1. The van der Waals surface area contributed by atoms with Crippen LogP contribution in [0.25, 0.3) is 0 Å². The Morgan fingerprint density at radius 1 is 1.15 bits per heavy atom. The predicted molar refractivity (Wildman–Crippen MR) is 105 cm³/mol. The summed E-state index contributed by atoms with van der Waals surface area (Å²) in [6.45, 7) is 3.08. The maximum atomic E-state index is 13.1. The molecule has 6 heteroatoms. The smallest absolute Gasteiger partial charge is 0.277 e. The predicted octanol–water partition coefficient (Wildman–Crippen LogP) is 3.39. The molecular weight excluding hydrogens is 338 g/mol. The van der Waals surface area contributed by atoms with Gasteiger partial charge < -0.3 is 10.2 Å². The molecule has 3 heterocycles. The second-order valence-electron chi connectivity index (χ2n) is 6.58. The molecule has 0 saturated heterocycles. The van der Waals surface area contributed by atoms with E-state index >= 15 is 0 Å². The number of rotatable bonds is 4. The molecule has 0 aliphatic carbocycles. The normalized spacial score (nSPS) is 13.1. The molecule has 1 aromatic carbocycles. The maximum Gasteiger partial charge on any atom is 0.277 e. The van der Waals surface area contributed by atoms with Gasteiger partial charge in [-0.15, -0.1) is 0 Å². The number of aromatic nitrogens is 3. The third-order valence-electron chi connectivity index (χ3n) is 4.58. The molecule has 0 atom stereocenters. The molecule has 1 aliphatic rings. The second-order valence-corrected chi connectivity index (χ2v) is 6.58. The Bertz CT molecular complexity index is 958. The van der Waals surface area contributed by atoms with Crippen LogP contribution in [0.1, 0.15) is 33.9 Å². The molecule has 0 spiro atoms. The number of hydrogen-bond acceptors (Lipinski definition) is 5. The zero-order chi connectivity index (χ0) is 18.6. The first-order valence-electron chi connectivity index (χ1n) is 9.10. The van der Waals surface area contributed by atoms with Gasteiger partial charge in [0.1, 0.15) is 5.69 Å². The van der Waals surface area contributed by atoms with Gasteiger partial charge in [-0.1, -0.05) is 24.3 Å². The lowest BCUT2D eigenvalue weighted by atomic mass is 10.0. The lowest BCUT2D eigenvalue weighted by Gasteiger charge is -2.29. The number of amides is 1. The van der Waals surface area contributed by atoms with Crippen molar-refractivity contribution in [2.45, 2.75) is 26.3 Å². The number of pyridine rings is 1. The van der Waals surface area contributed by atoms with Crippen molar-refractivity contribution in [3.8, 4) is 0 Å². The van der Waals surface area contributed by atoms with E-state index < -0.39 is 0 Å². The molecule has 1 amide bonds. The molecule has 0 fully saturated rings. The van der Waals surface area contributed by atoms with E-state index in [4.69, 9.17) is 0 Å². The molecule has 6 nitrogen and oxygen atoms in total. The van der Waals surface area contributed by atoms with Crippen molar-refractivity contribution in [3.05, 3.63) is 77.4 Å². The Morgan fingerprint density at radius 2 is 2.00 bits per heavy atom. The monoisotopic (exact) mass is 359 g/mol. The standard InChI is InChI=1S/C21H21N5O/c1-15-13-18(25-21(24-15)23-14-17-9-4-5-11-22-17)20(27)26-12-6-8-16-7-2-3-10-19(16)26/h2-5,7,9-11,13H,6,8,12,14H2,1H3,(H,23,24,25). The molecule has 1 N–H and O–H groups in total. The highest BCUT2D eigenvalue weighted by Gasteiger charge is 2.24. The minimum absolute atomic E-state index is 0.0893. The van der Waals surface area contributed by atoms with Crippen LogP contribution in [-0.2, 0) is 13.0 Å². The minimum atomic E-state index is -0.0893. The van der Waals surface area contributed by atoms with E-state index in [1.54, 1.807) is 12.3 Å². The summed E-state index contributed by atoms with van der Waals surface area (Å²) in [5.74, 6) is 0.350. The molecule has 136 valence electrons. The number of aryl methyl sites for hydroxylation is 2. The average Bonchev–Trinajstić information content (AvgIpc) is 2.72. The van der Waals surface area contributed by atoms with Crippen molar-refractivity contribution in [1.82, 2.24) is 15.0 Å². The van der Waals surface area contributed by atoms with E-state index in [1.165, 1.54) is 5.56 Å². The van der Waals surface area contributed by atoms with Crippen LogP contribution in [0.4, 0.5) is 11.6 Å². The van der Waals surface area contributed by atoms with Crippen molar-refractivity contribution >= 4 is 17.5 Å². The van der Waals surface area contributed by atoms with Crippen LogP contribution in [0.2, 0.25) is 0 Å². The fourth-order valence-corrected chi connectivity index (χ4v) is 3.31. The van der Waals surface area contributed by atoms with E-state index in [0.717, 1.165) is 29.9 Å². The van der Waals surface area contributed by atoms with Gasteiger partial charge in [0.15, 0.2) is 0 Å². The summed E-state index contributed by atoms with van der Waals surface area (Å²) in [5.41, 5.74) is 4.23. The third-order valence-corrected chi connectivity index (χ3v) is 4.58. The molecule has 2 aromatic heterocycles. The van der Waals surface area contributed by atoms with Crippen LogP contribution in [0.15, 0.2) is 54.7 Å². The van der Waals surface area contributed by atoms with Gasteiger partial charge in [-0.2, -0.15) is 0 Å². The molecule has 0 radical (unpaired) electrons. The van der Waals surface area contributed by atoms with Crippen LogP contribution >= 0.6 is 0 Å². The van der Waals surface area contributed by atoms with Crippen molar-refractivity contribution in [2.75, 3.05) is 16.8 Å². The maximum absolute atomic E-state index is 13.1. The molecule has 0 saturated carbocycles. The minimum Gasteiger partial charge on any atom is -0.349 e. The number of benzene rings is 1. The second kappa shape index (κ2) is 7.53. The number of para-hydroxylation sites is 1. The Balaban J connectivity index is 1.57. The van der Waals surface area contributed by atoms with E-state index in [-0.39, 0.29) is 5.91 Å². The Hall–Kier alpha value is -3.28. The Kier molecular flexibility index (Phi) is 4.78. The molecule has 4 rings (SSSR count). The molecular formula is C21H21N5O. The van der Waals surface area contributed by atoms with Crippen molar-refractivity contribution in [3.63, 3.8) is 0 Å². The van der Waals surface area contributed by atoms with Gasteiger partial charge >= 0.3 is 0 Å². The summed E-state index contributed by atoms with van der Waals surface area (Å²) in [6.07, 6.45) is 3.70. The van der Waals surface area contributed by atoms with Gasteiger partial charge in [-0.05, 0) is 49.6 Å². The lowest BCUT2D eigenvalue weighted by molar-refractivity contribution is 0.0980. The van der Waals surface area contributed by atoms with Crippen LogP contribution in [0.5, 0.6) is 0 Å². The van der Waals surface area contributed by atoms with Crippen molar-refractivity contribution < 1.29 is 4.79 Å². The zero-order valence-corrected chi connectivity index (χ0v) is 15.2. The molecule has 0 bridgehead atoms. The van der Waals surface area contributed by atoms with E-state index in [2.05, 4.69) is 26.3 Å². The van der Waals surface area contributed by atoms with E-state index in [1.807, 2.05) is 48.2 Å². The number of fused-ring (bicyclic) bond motifs is 1. The number of anilines is 2.